The van der Waals surface area contributed by atoms with E-state index in [1.54, 1.807) is 6.92 Å². The molecule has 1 aromatic rings. The second kappa shape index (κ2) is 1.71. The molecule has 0 N–H and O–H groups in total. The van der Waals surface area contributed by atoms with Crippen LogP contribution in [0.5, 0.6) is 0 Å². The summed E-state index contributed by atoms with van der Waals surface area (Å²) >= 11 is 1.35. The van der Waals surface area contributed by atoms with Crippen LogP contribution in [-0.2, 0) is 0 Å². The van der Waals surface area contributed by atoms with E-state index in [-0.39, 0.29) is 0 Å². The Balaban J connectivity index is 3.04. The SMILES string of the molecule is Cc1nn[c]([Ga])o1. The first kappa shape index (κ1) is 4.92. The maximum absolute atomic E-state index is 4.89. The van der Waals surface area contributed by atoms with E-state index in [2.05, 4.69) is 10.2 Å². The van der Waals surface area contributed by atoms with E-state index in [0.29, 0.717) is 10.3 Å². The molecule has 0 saturated carbocycles. The van der Waals surface area contributed by atoms with Crippen molar-refractivity contribution < 1.29 is 4.42 Å². The van der Waals surface area contributed by atoms with Crippen LogP contribution in [0.2, 0.25) is 0 Å². The van der Waals surface area contributed by atoms with Crippen LogP contribution in [0.15, 0.2) is 4.42 Å². The molecule has 1 rings (SSSR count). The zero-order valence-electron chi connectivity index (χ0n) is 3.88. The second-order valence-corrected chi connectivity index (χ2v) is 2.20. The number of rotatable bonds is 0. The Kier molecular flexibility index (Phi) is 1.20. The Morgan fingerprint density at radius 3 is 2.43 bits per heavy atom. The van der Waals surface area contributed by atoms with E-state index >= 15 is 0 Å². The first-order valence-electron chi connectivity index (χ1n) is 1.84. The summed E-state index contributed by atoms with van der Waals surface area (Å²) in [7, 11) is 0. The molecule has 4 heteroatoms. The van der Waals surface area contributed by atoms with E-state index in [0.717, 1.165) is 0 Å². The first-order chi connectivity index (χ1) is 3.29. The zero-order valence-corrected chi connectivity index (χ0v) is 6.30. The second-order valence-electron chi connectivity index (χ2n) is 1.16. The molecule has 0 spiro atoms. The molecule has 0 aromatic carbocycles. The van der Waals surface area contributed by atoms with Gasteiger partial charge in [-0.1, -0.05) is 0 Å². The third-order valence-corrected chi connectivity index (χ3v) is 1.03. The minimum absolute atomic E-state index is 0.638. The number of aryl methyl sites for hydroxylation is 1. The van der Waals surface area contributed by atoms with E-state index < -0.39 is 0 Å². The predicted octanol–water partition coefficient (Wildman–Crippen LogP) is -0.828. The van der Waals surface area contributed by atoms with Crippen molar-refractivity contribution in [2.75, 3.05) is 0 Å². The molecule has 0 fully saturated rings. The summed E-state index contributed by atoms with van der Waals surface area (Å²) in [5, 5.41) is 7.24. The Hall–Kier alpha value is -0.224. The van der Waals surface area contributed by atoms with Gasteiger partial charge < -0.3 is 0 Å². The molecule has 0 aliphatic rings. The summed E-state index contributed by atoms with van der Waals surface area (Å²) in [6.07, 6.45) is 0. The van der Waals surface area contributed by atoms with Gasteiger partial charge in [0.2, 0.25) is 0 Å². The fourth-order valence-electron chi connectivity index (χ4n) is 0.312. The third kappa shape index (κ3) is 1.07. The van der Waals surface area contributed by atoms with E-state index in [9.17, 15) is 0 Å². The average molecular weight is 153 g/mol. The van der Waals surface area contributed by atoms with Crippen LogP contribution in [-0.4, -0.2) is 28.8 Å². The first-order valence-corrected chi connectivity index (χ1v) is 3.06. The molecule has 0 atom stereocenters. The van der Waals surface area contributed by atoms with Gasteiger partial charge in [-0.05, 0) is 0 Å². The zero-order chi connectivity index (χ0) is 5.28. The average Bonchev–Trinajstić information content (AvgIpc) is 1.87. The maximum atomic E-state index is 4.89. The monoisotopic (exact) mass is 152 g/mol. The molecule has 3 nitrogen and oxygen atoms in total. The van der Waals surface area contributed by atoms with Crippen LogP contribution in [0, 0.1) is 6.92 Å². The van der Waals surface area contributed by atoms with Crippen molar-refractivity contribution in [2.45, 2.75) is 6.92 Å². The summed E-state index contributed by atoms with van der Waals surface area (Å²) in [6, 6.07) is 0. The van der Waals surface area contributed by atoms with Crippen LogP contribution >= 0.6 is 0 Å². The topological polar surface area (TPSA) is 38.9 Å². The summed E-state index contributed by atoms with van der Waals surface area (Å²) in [6.45, 7) is 1.77. The third-order valence-electron chi connectivity index (χ3n) is 0.542. The molecule has 7 heavy (non-hydrogen) atoms. The van der Waals surface area contributed by atoms with Crippen molar-refractivity contribution in [1.82, 2.24) is 10.2 Å². The molecule has 1 aromatic heterocycles. The van der Waals surface area contributed by atoms with Crippen LogP contribution in [0.1, 0.15) is 5.89 Å². The fraction of sp³-hybridized carbons (Fsp3) is 0.333. The van der Waals surface area contributed by atoms with Crippen molar-refractivity contribution in [3.63, 3.8) is 0 Å². The predicted molar refractivity (Wildman–Crippen MR) is 24.4 cm³/mol. The van der Waals surface area contributed by atoms with Crippen LogP contribution in [0.3, 0.4) is 0 Å². The van der Waals surface area contributed by atoms with Crippen LogP contribution in [0.4, 0.5) is 0 Å². The van der Waals surface area contributed by atoms with E-state index in [1.165, 1.54) is 18.6 Å². The van der Waals surface area contributed by atoms with Gasteiger partial charge in [-0.25, -0.2) is 0 Å². The van der Waals surface area contributed by atoms with E-state index in [1.807, 2.05) is 0 Å². The quantitative estimate of drug-likeness (QED) is 0.456. The Bertz CT molecular complexity index is 145. The Labute approximate surface area is 51.0 Å². The summed E-state index contributed by atoms with van der Waals surface area (Å²) < 4.78 is 5.57. The molecule has 0 aliphatic heterocycles. The molecule has 0 amide bonds. The Morgan fingerprint density at radius 2 is 2.29 bits per heavy atom. The number of hydrogen-bond acceptors (Lipinski definition) is 3. The van der Waals surface area contributed by atoms with Crippen molar-refractivity contribution in [1.29, 1.82) is 0 Å². The summed E-state index contributed by atoms with van der Waals surface area (Å²) in [5.41, 5.74) is 0. The van der Waals surface area contributed by atoms with Gasteiger partial charge in [-0.15, -0.1) is 0 Å². The number of aromatic nitrogens is 2. The van der Waals surface area contributed by atoms with Gasteiger partial charge in [0.1, 0.15) is 0 Å². The van der Waals surface area contributed by atoms with Crippen molar-refractivity contribution >= 4 is 23.0 Å². The molecular weight excluding hydrogens is 150 g/mol. The van der Waals surface area contributed by atoms with Gasteiger partial charge >= 0.3 is 50.5 Å². The van der Waals surface area contributed by atoms with Gasteiger partial charge in [0.05, 0.1) is 0 Å². The van der Waals surface area contributed by atoms with Gasteiger partial charge in [0.25, 0.3) is 0 Å². The molecule has 0 unspecified atom stereocenters. The molecule has 34 valence electrons. The summed E-state index contributed by atoms with van der Waals surface area (Å²) in [4.78, 5) is 0. The molecule has 1 heterocycles. The van der Waals surface area contributed by atoms with Crippen molar-refractivity contribution in [3.05, 3.63) is 5.89 Å². The standard InChI is InChI=1S/C3H3N2O.Ga/c1-3-5-4-2-6-3;/h1H3;. The Morgan fingerprint density at radius 1 is 1.57 bits per heavy atom. The van der Waals surface area contributed by atoms with Crippen molar-refractivity contribution in [2.24, 2.45) is 0 Å². The molecule has 0 saturated heterocycles. The van der Waals surface area contributed by atoms with Gasteiger partial charge in [-0.3, -0.25) is 0 Å². The molecule has 0 aliphatic carbocycles. The van der Waals surface area contributed by atoms with Gasteiger partial charge in [0, 0.05) is 0 Å². The number of hydrogen-bond donors (Lipinski definition) is 0. The summed E-state index contributed by atoms with van der Waals surface area (Å²) in [5.74, 6) is 0.638. The number of nitrogens with zero attached hydrogens (tertiary/aromatic N) is 2. The van der Waals surface area contributed by atoms with Crippen molar-refractivity contribution in [3.8, 4) is 0 Å². The molecule has 2 radical (unpaired) electrons. The minimum atomic E-state index is 0.638. The molecule has 0 bridgehead atoms. The van der Waals surface area contributed by atoms with E-state index in [4.69, 9.17) is 4.42 Å². The van der Waals surface area contributed by atoms with Gasteiger partial charge in [-0.2, -0.15) is 0 Å². The fourth-order valence-corrected chi connectivity index (χ4v) is 0.791. The van der Waals surface area contributed by atoms with Crippen LogP contribution in [0.25, 0.3) is 0 Å². The normalized spacial score (nSPS) is 9.29. The molecular formula is C3H3GaN2O. The van der Waals surface area contributed by atoms with Gasteiger partial charge in [0.15, 0.2) is 0 Å². The van der Waals surface area contributed by atoms with Crippen LogP contribution < -0.4 is 4.45 Å².